The van der Waals surface area contributed by atoms with E-state index in [4.69, 9.17) is 9.47 Å². The molecule has 2 aliphatic rings. The summed E-state index contributed by atoms with van der Waals surface area (Å²) < 4.78 is 38.6. The standard InChI is InChI=1S/C17H22F2O2/c18-16-14(20-10-9-12-3-1-4-12)7-8-15(17(16)19)21-11-13-5-2-6-13/h7-8,12-13H,1-6,9-11H2. The zero-order chi connectivity index (χ0) is 14.7. The lowest BCUT2D eigenvalue weighted by Crippen LogP contribution is -2.19. The maximum absolute atomic E-state index is 13.9. The van der Waals surface area contributed by atoms with Gasteiger partial charge in [0.05, 0.1) is 13.2 Å². The van der Waals surface area contributed by atoms with Gasteiger partial charge >= 0.3 is 0 Å². The number of ether oxygens (including phenoxy) is 2. The minimum absolute atomic E-state index is 0.00857. The fourth-order valence-corrected chi connectivity index (χ4v) is 2.72. The molecule has 4 heteroatoms. The Kier molecular flexibility index (Phi) is 4.61. The lowest BCUT2D eigenvalue weighted by atomic mass is 9.83. The number of rotatable bonds is 7. The molecular weight excluding hydrogens is 274 g/mol. The first kappa shape index (κ1) is 14.6. The highest BCUT2D eigenvalue weighted by molar-refractivity contribution is 5.35. The molecule has 116 valence electrons. The largest absolute Gasteiger partial charge is 0.490 e. The molecule has 0 aromatic heterocycles. The van der Waals surface area contributed by atoms with Crippen LogP contribution in [0.15, 0.2) is 12.1 Å². The van der Waals surface area contributed by atoms with Crippen LogP contribution in [-0.2, 0) is 0 Å². The number of benzene rings is 1. The van der Waals surface area contributed by atoms with Crippen molar-refractivity contribution in [3.8, 4) is 11.5 Å². The molecule has 0 spiro atoms. The van der Waals surface area contributed by atoms with Gasteiger partial charge in [-0.05, 0) is 43.2 Å². The van der Waals surface area contributed by atoms with Crippen LogP contribution in [0.1, 0.15) is 44.9 Å². The molecule has 2 saturated carbocycles. The topological polar surface area (TPSA) is 18.5 Å². The number of hydrogen-bond acceptors (Lipinski definition) is 2. The van der Waals surface area contributed by atoms with E-state index in [1.54, 1.807) is 0 Å². The zero-order valence-electron chi connectivity index (χ0n) is 12.2. The van der Waals surface area contributed by atoms with Crippen molar-refractivity contribution in [2.75, 3.05) is 13.2 Å². The first-order valence-electron chi connectivity index (χ1n) is 7.97. The van der Waals surface area contributed by atoms with Gasteiger partial charge < -0.3 is 9.47 Å². The Balaban J connectivity index is 1.53. The highest BCUT2D eigenvalue weighted by Crippen LogP contribution is 2.32. The first-order valence-corrected chi connectivity index (χ1v) is 7.97. The fourth-order valence-electron chi connectivity index (χ4n) is 2.72. The Morgan fingerprint density at radius 2 is 1.43 bits per heavy atom. The molecule has 0 bridgehead atoms. The lowest BCUT2D eigenvalue weighted by Gasteiger charge is -2.25. The smallest absolute Gasteiger partial charge is 0.204 e. The van der Waals surface area contributed by atoms with Crippen molar-refractivity contribution in [3.63, 3.8) is 0 Å². The second-order valence-corrected chi connectivity index (χ2v) is 6.23. The number of halogens is 2. The molecule has 0 atom stereocenters. The van der Waals surface area contributed by atoms with E-state index in [0.717, 1.165) is 19.3 Å². The molecule has 2 fully saturated rings. The molecule has 2 aliphatic carbocycles. The van der Waals surface area contributed by atoms with Gasteiger partial charge in [0.2, 0.25) is 11.6 Å². The van der Waals surface area contributed by atoms with Gasteiger partial charge in [-0.15, -0.1) is 0 Å². The van der Waals surface area contributed by atoms with Crippen molar-refractivity contribution in [1.82, 2.24) is 0 Å². The molecule has 3 rings (SSSR count). The summed E-state index contributed by atoms with van der Waals surface area (Å²) in [5, 5.41) is 0. The summed E-state index contributed by atoms with van der Waals surface area (Å²) in [7, 11) is 0. The van der Waals surface area contributed by atoms with Gasteiger partial charge in [0.15, 0.2) is 11.5 Å². The van der Waals surface area contributed by atoms with Crippen LogP contribution in [0.5, 0.6) is 11.5 Å². The summed E-state index contributed by atoms with van der Waals surface area (Å²) in [6.07, 6.45) is 8.10. The molecule has 0 N–H and O–H groups in total. The van der Waals surface area contributed by atoms with Gasteiger partial charge in [0.25, 0.3) is 0 Å². The third-order valence-corrected chi connectivity index (χ3v) is 4.72. The summed E-state index contributed by atoms with van der Waals surface area (Å²) in [4.78, 5) is 0. The molecule has 1 aromatic rings. The molecule has 0 amide bonds. The Morgan fingerprint density at radius 1 is 0.857 bits per heavy atom. The lowest BCUT2D eigenvalue weighted by molar-refractivity contribution is 0.172. The fraction of sp³-hybridized carbons (Fsp3) is 0.647. The quantitative estimate of drug-likeness (QED) is 0.725. The van der Waals surface area contributed by atoms with E-state index in [-0.39, 0.29) is 11.5 Å². The van der Waals surface area contributed by atoms with E-state index in [1.165, 1.54) is 37.8 Å². The van der Waals surface area contributed by atoms with Crippen molar-refractivity contribution in [3.05, 3.63) is 23.8 Å². The summed E-state index contributed by atoms with van der Waals surface area (Å²) in [5.74, 6) is -0.701. The van der Waals surface area contributed by atoms with Gasteiger partial charge in [-0.1, -0.05) is 25.7 Å². The van der Waals surface area contributed by atoms with Crippen LogP contribution < -0.4 is 9.47 Å². The van der Waals surface area contributed by atoms with Crippen molar-refractivity contribution in [2.45, 2.75) is 44.9 Å². The van der Waals surface area contributed by atoms with E-state index in [0.29, 0.717) is 25.0 Å². The van der Waals surface area contributed by atoms with Crippen molar-refractivity contribution in [1.29, 1.82) is 0 Å². The van der Waals surface area contributed by atoms with Crippen LogP contribution in [0, 0.1) is 23.5 Å². The zero-order valence-corrected chi connectivity index (χ0v) is 12.2. The Hall–Kier alpha value is -1.32. The molecular formula is C17H22F2O2. The average Bonchev–Trinajstić information content (AvgIpc) is 2.37. The van der Waals surface area contributed by atoms with Crippen LogP contribution in [0.4, 0.5) is 8.78 Å². The van der Waals surface area contributed by atoms with E-state index in [9.17, 15) is 8.78 Å². The molecule has 1 aromatic carbocycles. The van der Waals surface area contributed by atoms with E-state index in [1.807, 2.05) is 0 Å². The molecule has 0 heterocycles. The molecule has 21 heavy (non-hydrogen) atoms. The maximum atomic E-state index is 13.9. The second kappa shape index (κ2) is 6.63. The summed E-state index contributed by atoms with van der Waals surface area (Å²) in [6, 6.07) is 2.94. The highest BCUT2D eigenvalue weighted by Gasteiger charge is 2.21. The van der Waals surface area contributed by atoms with Gasteiger partial charge in [-0.3, -0.25) is 0 Å². The minimum atomic E-state index is -0.935. The Bertz CT molecular complexity index is 482. The molecule has 2 nitrogen and oxygen atoms in total. The van der Waals surface area contributed by atoms with Crippen molar-refractivity contribution in [2.24, 2.45) is 11.8 Å². The predicted molar refractivity (Wildman–Crippen MR) is 76.6 cm³/mol. The number of hydrogen-bond donors (Lipinski definition) is 0. The van der Waals surface area contributed by atoms with E-state index in [2.05, 4.69) is 0 Å². The van der Waals surface area contributed by atoms with Crippen molar-refractivity contribution < 1.29 is 18.3 Å². The molecule has 0 saturated heterocycles. The predicted octanol–water partition coefficient (Wildman–Crippen LogP) is 4.71. The maximum Gasteiger partial charge on any atom is 0.204 e. The van der Waals surface area contributed by atoms with Gasteiger partial charge in [0.1, 0.15) is 0 Å². The van der Waals surface area contributed by atoms with Crippen LogP contribution in [0.3, 0.4) is 0 Å². The first-order chi connectivity index (χ1) is 10.2. The van der Waals surface area contributed by atoms with Gasteiger partial charge in [-0.25, -0.2) is 0 Å². The average molecular weight is 296 g/mol. The summed E-state index contributed by atoms with van der Waals surface area (Å²) in [5.41, 5.74) is 0. The monoisotopic (exact) mass is 296 g/mol. The van der Waals surface area contributed by atoms with Crippen LogP contribution in [-0.4, -0.2) is 13.2 Å². The Labute approximate surface area is 124 Å². The normalized spacial score (nSPS) is 19.0. The summed E-state index contributed by atoms with van der Waals surface area (Å²) in [6.45, 7) is 0.918. The van der Waals surface area contributed by atoms with Crippen LogP contribution in [0.25, 0.3) is 0 Å². The van der Waals surface area contributed by atoms with Crippen LogP contribution in [0.2, 0.25) is 0 Å². The Morgan fingerprint density at radius 3 is 1.95 bits per heavy atom. The third-order valence-electron chi connectivity index (χ3n) is 4.72. The molecule has 0 aliphatic heterocycles. The SMILES string of the molecule is Fc1c(OCCC2CCC2)ccc(OCC2CCC2)c1F. The third kappa shape index (κ3) is 3.47. The highest BCUT2D eigenvalue weighted by atomic mass is 19.2. The van der Waals surface area contributed by atoms with Crippen LogP contribution >= 0.6 is 0 Å². The molecule has 0 radical (unpaired) electrons. The van der Waals surface area contributed by atoms with E-state index >= 15 is 0 Å². The van der Waals surface area contributed by atoms with E-state index < -0.39 is 11.6 Å². The van der Waals surface area contributed by atoms with Gasteiger partial charge in [-0.2, -0.15) is 8.78 Å². The second-order valence-electron chi connectivity index (χ2n) is 6.23. The minimum Gasteiger partial charge on any atom is -0.490 e. The molecule has 0 unspecified atom stereocenters. The summed E-state index contributed by atoms with van der Waals surface area (Å²) >= 11 is 0. The van der Waals surface area contributed by atoms with Gasteiger partial charge in [0, 0.05) is 0 Å². The van der Waals surface area contributed by atoms with Crippen molar-refractivity contribution >= 4 is 0 Å².